The van der Waals surface area contributed by atoms with Gasteiger partial charge in [-0.1, -0.05) is 72.4 Å². The molecule has 0 radical (unpaired) electrons. The summed E-state index contributed by atoms with van der Waals surface area (Å²) in [5.41, 5.74) is 1.98. The van der Waals surface area contributed by atoms with E-state index in [0.717, 1.165) is 11.1 Å². The summed E-state index contributed by atoms with van der Waals surface area (Å²) < 4.78 is 30.3. The Balaban J connectivity index is 1.58. The molecule has 2 fully saturated rings. The van der Waals surface area contributed by atoms with Gasteiger partial charge in [0.25, 0.3) is 0 Å². The van der Waals surface area contributed by atoms with Crippen LogP contribution in [0.3, 0.4) is 0 Å². The fourth-order valence-electron chi connectivity index (χ4n) is 3.79. The number of benzene rings is 2. The zero-order valence-electron chi connectivity index (χ0n) is 17.0. The van der Waals surface area contributed by atoms with Crippen LogP contribution in [-0.2, 0) is 35.1 Å². The predicted octanol–water partition coefficient (Wildman–Crippen LogP) is 3.71. The molecule has 2 aromatic rings. The highest BCUT2D eigenvalue weighted by atomic mass is 32.2. The third-order valence-electron chi connectivity index (χ3n) is 5.18. The van der Waals surface area contributed by atoms with Crippen LogP contribution >= 0.6 is 11.8 Å². The van der Waals surface area contributed by atoms with Crippen molar-refractivity contribution in [2.45, 2.75) is 49.7 Å². The van der Waals surface area contributed by atoms with E-state index in [4.69, 9.17) is 23.7 Å². The maximum absolute atomic E-state index is 12.0. The first-order chi connectivity index (χ1) is 14.7. The molecule has 7 heteroatoms. The molecule has 2 aliphatic heterocycles. The van der Waals surface area contributed by atoms with Crippen molar-refractivity contribution in [2.24, 2.45) is 0 Å². The molecule has 0 bridgehead atoms. The summed E-state index contributed by atoms with van der Waals surface area (Å²) in [6, 6.07) is 19.7. The summed E-state index contributed by atoms with van der Waals surface area (Å²) in [4.78, 5) is 12.0. The molecule has 4 unspecified atom stereocenters. The largest absolute Gasteiger partial charge is 0.369 e. The Labute approximate surface area is 180 Å². The van der Waals surface area contributed by atoms with Gasteiger partial charge < -0.3 is 23.7 Å². The average molecular weight is 431 g/mol. The standard InChI is InChI=1S/C23H26O6S/c1-15(24)30-21-20(26-13-16-9-5-3-6-10-16)19-18(28-23(21)25-2)14-27-22(29-19)17-11-7-4-8-12-17/h3-12,18-23H,13-14H2,1-2H3/t18?,19-,20?,21?,22?,23-/m1/s1. The molecule has 0 aliphatic carbocycles. The van der Waals surface area contributed by atoms with Gasteiger partial charge in [-0.05, 0) is 5.56 Å². The second kappa shape index (κ2) is 10.0. The first-order valence-electron chi connectivity index (χ1n) is 9.98. The van der Waals surface area contributed by atoms with E-state index in [1.165, 1.54) is 18.7 Å². The van der Waals surface area contributed by atoms with Crippen molar-refractivity contribution in [3.8, 4) is 0 Å². The van der Waals surface area contributed by atoms with E-state index >= 15 is 0 Å². The zero-order valence-corrected chi connectivity index (χ0v) is 17.8. The summed E-state index contributed by atoms with van der Waals surface area (Å²) in [5, 5.41) is -0.379. The maximum atomic E-state index is 12.0. The van der Waals surface area contributed by atoms with E-state index in [2.05, 4.69) is 0 Å². The van der Waals surface area contributed by atoms with Crippen LogP contribution in [0.2, 0.25) is 0 Å². The Morgan fingerprint density at radius 2 is 1.77 bits per heavy atom. The Bertz CT molecular complexity index is 817. The Kier molecular flexibility index (Phi) is 7.20. The van der Waals surface area contributed by atoms with Gasteiger partial charge in [0.05, 0.1) is 18.5 Å². The normalized spacial score (nSPS) is 31.1. The Morgan fingerprint density at radius 1 is 1.07 bits per heavy atom. The number of hydrogen-bond donors (Lipinski definition) is 0. The molecule has 6 nitrogen and oxygen atoms in total. The molecule has 2 aromatic carbocycles. The monoisotopic (exact) mass is 430 g/mol. The Hall–Kier alpha value is -1.74. The number of carbonyl (C=O) groups excluding carboxylic acids is 1. The molecule has 30 heavy (non-hydrogen) atoms. The number of thioether (sulfide) groups is 1. The van der Waals surface area contributed by atoms with Gasteiger partial charge in [0.2, 0.25) is 0 Å². The molecule has 4 rings (SSSR count). The molecule has 0 saturated carbocycles. The van der Waals surface area contributed by atoms with Crippen LogP contribution < -0.4 is 0 Å². The summed E-state index contributed by atoms with van der Waals surface area (Å²) in [7, 11) is 1.57. The lowest BCUT2D eigenvalue weighted by atomic mass is 9.99. The third-order valence-corrected chi connectivity index (χ3v) is 6.27. The first kappa shape index (κ1) is 21.5. The fourth-order valence-corrected chi connectivity index (χ4v) is 4.83. The van der Waals surface area contributed by atoms with E-state index in [9.17, 15) is 4.79 Å². The molecule has 6 atom stereocenters. The molecule has 0 amide bonds. The number of methoxy groups -OCH3 is 1. The van der Waals surface area contributed by atoms with Crippen LogP contribution in [0.4, 0.5) is 0 Å². The molecule has 0 aromatic heterocycles. The van der Waals surface area contributed by atoms with Gasteiger partial charge in [0, 0.05) is 19.6 Å². The minimum absolute atomic E-state index is 0.0240. The van der Waals surface area contributed by atoms with Crippen molar-refractivity contribution in [1.29, 1.82) is 0 Å². The highest BCUT2D eigenvalue weighted by molar-refractivity contribution is 8.14. The van der Waals surface area contributed by atoms with Crippen molar-refractivity contribution in [1.82, 2.24) is 0 Å². The average Bonchev–Trinajstić information content (AvgIpc) is 2.78. The minimum atomic E-state index is -0.596. The van der Waals surface area contributed by atoms with Gasteiger partial charge in [-0.2, -0.15) is 0 Å². The summed E-state index contributed by atoms with van der Waals surface area (Å²) in [6.07, 6.45) is -2.25. The number of hydrogen-bond acceptors (Lipinski definition) is 7. The molecule has 2 saturated heterocycles. The van der Waals surface area contributed by atoms with Crippen molar-refractivity contribution < 1.29 is 28.5 Å². The maximum Gasteiger partial charge on any atom is 0.186 e. The van der Waals surface area contributed by atoms with Crippen LogP contribution in [-0.4, -0.2) is 48.7 Å². The van der Waals surface area contributed by atoms with E-state index in [1.807, 2.05) is 60.7 Å². The van der Waals surface area contributed by atoms with E-state index in [1.54, 1.807) is 7.11 Å². The molecule has 160 valence electrons. The summed E-state index contributed by atoms with van der Waals surface area (Å²) in [5.74, 6) is 0. The van der Waals surface area contributed by atoms with E-state index in [0.29, 0.717) is 13.2 Å². The number of carbonyl (C=O) groups is 1. The molecule has 0 spiro atoms. The van der Waals surface area contributed by atoms with Gasteiger partial charge in [0.15, 0.2) is 17.7 Å². The SMILES string of the molecule is CO[C@@H]1OC2COC(c3ccccc3)O[C@H]2C(OCc2ccccc2)C1SC(C)=O. The minimum Gasteiger partial charge on any atom is -0.369 e. The van der Waals surface area contributed by atoms with Crippen LogP contribution in [0.25, 0.3) is 0 Å². The van der Waals surface area contributed by atoms with Crippen molar-refractivity contribution in [3.63, 3.8) is 0 Å². The van der Waals surface area contributed by atoms with Crippen LogP contribution in [0.15, 0.2) is 60.7 Å². The second-order valence-corrected chi connectivity index (χ2v) is 8.65. The lowest BCUT2D eigenvalue weighted by Gasteiger charge is -2.48. The van der Waals surface area contributed by atoms with Crippen LogP contribution in [0.5, 0.6) is 0 Å². The lowest BCUT2D eigenvalue weighted by Crippen LogP contribution is -2.62. The molecular weight excluding hydrogens is 404 g/mol. The molecule has 2 aliphatic rings. The van der Waals surface area contributed by atoms with Gasteiger partial charge in [0.1, 0.15) is 18.3 Å². The lowest BCUT2D eigenvalue weighted by molar-refractivity contribution is -0.337. The highest BCUT2D eigenvalue weighted by Gasteiger charge is 2.51. The smallest absolute Gasteiger partial charge is 0.186 e. The van der Waals surface area contributed by atoms with Crippen LogP contribution in [0.1, 0.15) is 24.3 Å². The topological polar surface area (TPSA) is 63.2 Å². The first-order valence-corrected chi connectivity index (χ1v) is 10.9. The highest BCUT2D eigenvalue weighted by Crippen LogP contribution is 2.39. The summed E-state index contributed by atoms with van der Waals surface area (Å²) in [6.45, 7) is 2.29. The van der Waals surface area contributed by atoms with Gasteiger partial charge in [-0.25, -0.2) is 0 Å². The quantitative estimate of drug-likeness (QED) is 0.692. The number of ether oxygens (including phenoxy) is 5. The fraction of sp³-hybridized carbons (Fsp3) is 0.435. The third kappa shape index (κ3) is 4.94. The van der Waals surface area contributed by atoms with Crippen molar-refractivity contribution in [3.05, 3.63) is 71.8 Å². The van der Waals surface area contributed by atoms with Crippen molar-refractivity contribution in [2.75, 3.05) is 13.7 Å². The Morgan fingerprint density at radius 3 is 2.43 bits per heavy atom. The van der Waals surface area contributed by atoms with E-state index < -0.39 is 24.8 Å². The summed E-state index contributed by atoms with van der Waals surface area (Å²) >= 11 is 1.17. The number of fused-ring (bicyclic) bond motifs is 1. The van der Waals surface area contributed by atoms with Gasteiger partial charge >= 0.3 is 0 Å². The van der Waals surface area contributed by atoms with Gasteiger partial charge in [-0.3, -0.25) is 4.79 Å². The molecular formula is C23H26O6S. The zero-order chi connectivity index (χ0) is 20.9. The molecule has 0 N–H and O–H groups in total. The van der Waals surface area contributed by atoms with Crippen molar-refractivity contribution >= 4 is 16.9 Å². The number of rotatable bonds is 6. The molecule has 2 heterocycles. The van der Waals surface area contributed by atoms with Gasteiger partial charge in [-0.15, -0.1) is 0 Å². The van der Waals surface area contributed by atoms with Crippen LogP contribution in [0, 0.1) is 0 Å². The van der Waals surface area contributed by atoms with E-state index in [-0.39, 0.29) is 16.5 Å². The second-order valence-electron chi connectivity index (χ2n) is 7.29. The predicted molar refractivity (Wildman–Crippen MR) is 113 cm³/mol.